The summed E-state index contributed by atoms with van der Waals surface area (Å²) in [5.41, 5.74) is 0. The van der Waals surface area contributed by atoms with Crippen molar-refractivity contribution in [3.05, 3.63) is 25.3 Å². The molecule has 0 aliphatic heterocycles. The van der Waals surface area contributed by atoms with Gasteiger partial charge in [-0.2, -0.15) is 0 Å². The number of Topliss-reactive ketones (excluding diaryl/α,β-unsaturated/α-hetero) is 1. The van der Waals surface area contributed by atoms with Crippen molar-refractivity contribution < 1.29 is 28.8 Å². The molecular weight excluding hydrogens is 550 g/mol. The lowest BCUT2D eigenvalue weighted by Crippen LogP contribution is -2.60. The second-order valence-electron chi connectivity index (χ2n) is 12.0. The van der Waals surface area contributed by atoms with Crippen LogP contribution in [0.1, 0.15) is 92.4 Å². The van der Waals surface area contributed by atoms with Gasteiger partial charge in [-0.15, -0.1) is 13.2 Å². The molecule has 11 heteroatoms. The number of nitrogens with one attached hydrogen (secondary N) is 5. The Morgan fingerprint density at radius 2 is 1.37 bits per heavy atom. The van der Waals surface area contributed by atoms with E-state index >= 15 is 0 Å². The van der Waals surface area contributed by atoms with E-state index in [1.165, 1.54) is 13.0 Å². The van der Waals surface area contributed by atoms with Gasteiger partial charge in [0.05, 0.1) is 6.04 Å². The van der Waals surface area contributed by atoms with E-state index in [9.17, 15) is 28.8 Å². The number of amides is 5. The Morgan fingerprint density at radius 3 is 1.91 bits per heavy atom. The number of ketones is 1. The average Bonchev–Trinajstić information content (AvgIpc) is 2.97. The first-order chi connectivity index (χ1) is 20.3. The van der Waals surface area contributed by atoms with Crippen LogP contribution in [0.3, 0.4) is 0 Å². The highest BCUT2D eigenvalue weighted by Gasteiger charge is 2.34. The number of carbonyl (C=O) groups excluding carboxylic acids is 6. The van der Waals surface area contributed by atoms with Crippen LogP contribution in [0.15, 0.2) is 25.3 Å². The van der Waals surface area contributed by atoms with Crippen molar-refractivity contribution in [2.24, 2.45) is 17.8 Å². The van der Waals surface area contributed by atoms with Gasteiger partial charge in [0, 0.05) is 6.54 Å². The Labute approximate surface area is 256 Å². The largest absolute Gasteiger partial charge is 0.344 e. The second kappa shape index (κ2) is 19.6. The molecule has 0 radical (unpaired) electrons. The molecule has 0 heterocycles. The van der Waals surface area contributed by atoms with E-state index in [0.29, 0.717) is 12.8 Å². The van der Waals surface area contributed by atoms with E-state index in [-0.39, 0.29) is 42.9 Å². The van der Waals surface area contributed by atoms with Crippen LogP contribution < -0.4 is 26.6 Å². The van der Waals surface area contributed by atoms with Crippen LogP contribution in [0.25, 0.3) is 0 Å². The summed E-state index contributed by atoms with van der Waals surface area (Å²) < 4.78 is 0. The number of carbonyl (C=O) groups is 6. The van der Waals surface area contributed by atoms with Gasteiger partial charge in [-0.05, 0) is 43.9 Å². The lowest BCUT2D eigenvalue weighted by Gasteiger charge is -2.31. The smallest absolute Gasteiger partial charge is 0.309 e. The van der Waals surface area contributed by atoms with Crippen molar-refractivity contribution >= 4 is 35.3 Å². The van der Waals surface area contributed by atoms with Crippen LogP contribution in [0.5, 0.6) is 0 Å². The number of hydrogen-bond donors (Lipinski definition) is 5. The first-order valence-electron chi connectivity index (χ1n) is 15.6. The summed E-state index contributed by atoms with van der Waals surface area (Å²) in [6, 6.07) is -3.70. The summed E-state index contributed by atoms with van der Waals surface area (Å²) >= 11 is 0. The van der Waals surface area contributed by atoms with Gasteiger partial charge in [0.15, 0.2) is 5.78 Å². The quantitative estimate of drug-likeness (QED) is 0.119. The molecule has 0 spiro atoms. The molecule has 1 unspecified atom stereocenters. The molecule has 11 nitrogen and oxygen atoms in total. The topological polar surface area (TPSA) is 163 Å². The van der Waals surface area contributed by atoms with E-state index in [4.69, 9.17) is 0 Å². The van der Waals surface area contributed by atoms with Gasteiger partial charge < -0.3 is 26.6 Å². The summed E-state index contributed by atoms with van der Waals surface area (Å²) in [7, 11) is 0. The van der Waals surface area contributed by atoms with Crippen LogP contribution in [-0.2, 0) is 28.8 Å². The van der Waals surface area contributed by atoms with Crippen LogP contribution >= 0.6 is 0 Å². The Bertz CT molecular complexity index is 991. The molecule has 1 rings (SSSR count). The zero-order valence-electron chi connectivity index (χ0n) is 26.6. The van der Waals surface area contributed by atoms with Gasteiger partial charge in [0.2, 0.25) is 17.7 Å². The highest BCUT2D eigenvalue weighted by atomic mass is 16.2. The van der Waals surface area contributed by atoms with Gasteiger partial charge >= 0.3 is 11.8 Å². The minimum Gasteiger partial charge on any atom is -0.344 e. The van der Waals surface area contributed by atoms with Gasteiger partial charge in [-0.3, -0.25) is 28.8 Å². The van der Waals surface area contributed by atoms with E-state index in [1.807, 2.05) is 27.7 Å². The zero-order chi connectivity index (χ0) is 32.5. The Balaban J connectivity index is 3.18. The molecule has 1 aliphatic rings. The molecule has 1 aliphatic carbocycles. The molecule has 5 N–H and O–H groups in total. The molecule has 0 aromatic rings. The van der Waals surface area contributed by atoms with Gasteiger partial charge in [0.1, 0.15) is 18.1 Å². The maximum atomic E-state index is 13.7. The predicted octanol–water partition coefficient (Wildman–Crippen LogP) is 2.46. The maximum Gasteiger partial charge on any atom is 0.309 e. The molecule has 0 bridgehead atoms. The fourth-order valence-electron chi connectivity index (χ4n) is 5.14. The summed E-state index contributed by atoms with van der Waals surface area (Å²) in [4.78, 5) is 77.3. The van der Waals surface area contributed by atoms with Gasteiger partial charge in [-0.25, -0.2) is 0 Å². The van der Waals surface area contributed by atoms with Crippen molar-refractivity contribution in [1.29, 1.82) is 0 Å². The Hall–Kier alpha value is -3.50. The number of rotatable bonds is 18. The first-order valence-corrected chi connectivity index (χ1v) is 15.6. The van der Waals surface area contributed by atoms with Crippen molar-refractivity contribution in [3.8, 4) is 0 Å². The second-order valence-corrected chi connectivity index (χ2v) is 12.0. The lowest BCUT2D eigenvalue weighted by molar-refractivity contribution is -0.141. The number of hydrogen-bond acceptors (Lipinski definition) is 6. The molecular formula is C32H53N5O6. The normalized spacial score (nSPS) is 16.9. The van der Waals surface area contributed by atoms with Crippen molar-refractivity contribution in [1.82, 2.24) is 26.6 Å². The Kier molecular flexibility index (Phi) is 17.1. The fourth-order valence-corrected chi connectivity index (χ4v) is 5.14. The van der Waals surface area contributed by atoms with Gasteiger partial charge in [0.25, 0.3) is 0 Å². The lowest BCUT2D eigenvalue weighted by atomic mass is 9.84. The molecule has 5 atom stereocenters. The van der Waals surface area contributed by atoms with Crippen LogP contribution in [-0.4, -0.2) is 66.0 Å². The molecule has 242 valence electrons. The summed E-state index contributed by atoms with van der Waals surface area (Å²) in [5.74, 6) is -3.71. The highest BCUT2D eigenvalue weighted by Crippen LogP contribution is 2.27. The fraction of sp³-hybridized carbons (Fsp3) is 0.688. The molecule has 5 amide bonds. The molecule has 0 aromatic carbocycles. The van der Waals surface area contributed by atoms with E-state index in [2.05, 4.69) is 39.7 Å². The van der Waals surface area contributed by atoms with Crippen molar-refractivity contribution in [3.63, 3.8) is 0 Å². The third kappa shape index (κ3) is 13.6. The van der Waals surface area contributed by atoms with E-state index in [0.717, 1.165) is 32.1 Å². The molecule has 1 fully saturated rings. The molecule has 0 saturated heterocycles. The summed E-state index contributed by atoms with van der Waals surface area (Å²) in [6.07, 6.45) is 9.62. The highest BCUT2D eigenvalue weighted by molar-refractivity contribution is 6.35. The first kappa shape index (κ1) is 37.5. The van der Waals surface area contributed by atoms with E-state index in [1.54, 1.807) is 6.08 Å². The summed E-state index contributed by atoms with van der Waals surface area (Å²) in [6.45, 7) is 16.1. The van der Waals surface area contributed by atoms with Gasteiger partial charge in [-0.1, -0.05) is 78.4 Å². The SMILES string of the molecule is C=CCNC(=O)C(=O)N[C@@H](CC(C)C)C(=O)N[C@H](C(=O)N[C@@H](CC1CCCCC1)C(=O)NC(CC=C)C(C)=O)[C@H](C)CC. The average molecular weight is 604 g/mol. The monoisotopic (exact) mass is 603 g/mol. The minimum atomic E-state index is -1.06. The van der Waals surface area contributed by atoms with Crippen LogP contribution in [0.2, 0.25) is 0 Å². The third-order valence-electron chi connectivity index (χ3n) is 7.87. The third-order valence-corrected chi connectivity index (χ3v) is 7.87. The zero-order valence-corrected chi connectivity index (χ0v) is 26.6. The van der Waals surface area contributed by atoms with Crippen LogP contribution in [0, 0.1) is 17.8 Å². The van der Waals surface area contributed by atoms with Crippen molar-refractivity contribution in [2.75, 3.05) is 6.54 Å². The Morgan fingerprint density at radius 1 is 0.767 bits per heavy atom. The maximum absolute atomic E-state index is 13.7. The molecule has 0 aromatic heterocycles. The predicted molar refractivity (Wildman–Crippen MR) is 167 cm³/mol. The standard InChI is InChI=1S/C32H53N5O6/c1-8-14-24(22(7)38)34-28(39)26(19-23-15-12-11-13-16-23)35-30(41)27(21(6)10-3)37-29(40)25(18-20(4)5)36-32(43)31(42)33-17-9-2/h8-9,20-21,23-27H,1-2,10-19H2,3-7H3,(H,33,42)(H,34,39)(H,35,41)(H,36,43)(H,37,40)/t21-,24?,25+,26+,27+/m1/s1. The minimum absolute atomic E-state index is 0.00322. The summed E-state index contributed by atoms with van der Waals surface area (Å²) in [5, 5.41) is 13.3. The van der Waals surface area contributed by atoms with Crippen LogP contribution in [0.4, 0.5) is 0 Å². The van der Waals surface area contributed by atoms with Crippen molar-refractivity contribution in [2.45, 2.75) is 117 Å². The van der Waals surface area contributed by atoms with E-state index < -0.39 is 53.7 Å². The molecule has 1 saturated carbocycles. The molecule has 43 heavy (non-hydrogen) atoms.